The molecule has 2 fully saturated rings. The van der Waals surface area contributed by atoms with Crippen LogP contribution in [-0.2, 0) is 4.74 Å². The summed E-state index contributed by atoms with van der Waals surface area (Å²) in [4.78, 5) is 2.73. The highest BCUT2D eigenvalue weighted by molar-refractivity contribution is 5.04. The zero-order valence-corrected chi connectivity index (χ0v) is 11.7. The standard InChI is InChI=1S/C14H27NO/c1-13(2,3)12-7-10-8-16-9-11(10)15(12)14(4,5)6/h10-12H,7-9H2,1-6H3. The van der Waals surface area contributed by atoms with Crippen LogP contribution in [0.4, 0.5) is 0 Å². The summed E-state index contributed by atoms with van der Waals surface area (Å²) in [5, 5.41) is 0. The second kappa shape index (κ2) is 3.71. The summed E-state index contributed by atoms with van der Waals surface area (Å²) in [5.74, 6) is 0.767. The zero-order valence-electron chi connectivity index (χ0n) is 11.7. The molecule has 0 aliphatic carbocycles. The van der Waals surface area contributed by atoms with Gasteiger partial charge in [0, 0.05) is 23.5 Å². The number of ether oxygens (including phenoxy) is 1. The van der Waals surface area contributed by atoms with Gasteiger partial charge in [-0.1, -0.05) is 20.8 Å². The van der Waals surface area contributed by atoms with Crippen LogP contribution in [0.15, 0.2) is 0 Å². The van der Waals surface area contributed by atoms with Gasteiger partial charge in [-0.05, 0) is 32.6 Å². The minimum Gasteiger partial charge on any atom is -0.379 e. The topological polar surface area (TPSA) is 12.5 Å². The lowest BCUT2D eigenvalue weighted by Gasteiger charge is -2.45. The predicted molar refractivity (Wildman–Crippen MR) is 67.5 cm³/mol. The highest BCUT2D eigenvalue weighted by Gasteiger charge is 2.51. The van der Waals surface area contributed by atoms with Crippen LogP contribution in [0.25, 0.3) is 0 Å². The molecular formula is C14H27NO. The molecule has 0 amide bonds. The van der Waals surface area contributed by atoms with E-state index in [-0.39, 0.29) is 5.54 Å². The molecule has 0 bridgehead atoms. The summed E-state index contributed by atoms with van der Waals surface area (Å²) in [7, 11) is 0. The second-order valence-corrected chi connectivity index (χ2v) is 7.56. The second-order valence-electron chi connectivity index (χ2n) is 7.56. The van der Waals surface area contributed by atoms with Crippen molar-refractivity contribution in [2.24, 2.45) is 11.3 Å². The van der Waals surface area contributed by atoms with Crippen molar-refractivity contribution in [2.75, 3.05) is 13.2 Å². The number of fused-ring (bicyclic) bond motifs is 1. The Morgan fingerprint density at radius 2 is 1.62 bits per heavy atom. The number of rotatable bonds is 0. The molecule has 2 rings (SSSR count). The number of hydrogen-bond acceptors (Lipinski definition) is 2. The molecule has 0 saturated carbocycles. The Labute approximate surface area is 100 Å². The van der Waals surface area contributed by atoms with Crippen molar-refractivity contribution < 1.29 is 4.74 Å². The lowest BCUT2D eigenvalue weighted by atomic mass is 9.82. The molecule has 94 valence electrons. The Balaban J connectivity index is 2.27. The molecule has 0 N–H and O–H groups in total. The first-order chi connectivity index (χ1) is 7.21. The van der Waals surface area contributed by atoms with Crippen LogP contribution < -0.4 is 0 Å². The van der Waals surface area contributed by atoms with Crippen LogP contribution in [-0.4, -0.2) is 35.7 Å². The monoisotopic (exact) mass is 225 g/mol. The Hall–Kier alpha value is -0.0800. The number of nitrogens with zero attached hydrogens (tertiary/aromatic N) is 1. The fourth-order valence-electron chi connectivity index (χ4n) is 3.49. The van der Waals surface area contributed by atoms with Gasteiger partial charge in [0.05, 0.1) is 13.2 Å². The molecule has 2 aliphatic rings. The Morgan fingerprint density at radius 1 is 1.00 bits per heavy atom. The van der Waals surface area contributed by atoms with Crippen LogP contribution in [0, 0.1) is 11.3 Å². The molecule has 2 aliphatic heterocycles. The summed E-state index contributed by atoms with van der Waals surface area (Å²) in [6.07, 6.45) is 1.31. The highest BCUT2D eigenvalue weighted by Crippen LogP contribution is 2.45. The van der Waals surface area contributed by atoms with Gasteiger partial charge in [0.1, 0.15) is 0 Å². The van der Waals surface area contributed by atoms with Crippen molar-refractivity contribution >= 4 is 0 Å². The van der Waals surface area contributed by atoms with E-state index in [1.165, 1.54) is 6.42 Å². The normalized spacial score (nSPS) is 36.8. The fourth-order valence-corrected chi connectivity index (χ4v) is 3.49. The van der Waals surface area contributed by atoms with E-state index in [9.17, 15) is 0 Å². The van der Waals surface area contributed by atoms with E-state index >= 15 is 0 Å². The zero-order chi connectivity index (χ0) is 12.1. The lowest BCUT2D eigenvalue weighted by Crippen LogP contribution is -2.54. The van der Waals surface area contributed by atoms with E-state index < -0.39 is 0 Å². The highest BCUT2D eigenvalue weighted by atomic mass is 16.5. The molecular weight excluding hydrogens is 198 g/mol. The average molecular weight is 225 g/mol. The van der Waals surface area contributed by atoms with E-state index in [1.807, 2.05) is 0 Å². The molecule has 0 aromatic carbocycles. The van der Waals surface area contributed by atoms with E-state index in [2.05, 4.69) is 46.4 Å². The summed E-state index contributed by atoms with van der Waals surface area (Å²) >= 11 is 0. The quantitative estimate of drug-likeness (QED) is 0.628. The van der Waals surface area contributed by atoms with E-state index in [1.54, 1.807) is 0 Å². The molecule has 2 nitrogen and oxygen atoms in total. The average Bonchev–Trinajstić information content (AvgIpc) is 2.53. The fraction of sp³-hybridized carbons (Fsp3) is 1.00. The van der Waals surface area contributed by atoms with Gasteiger partial charge in [0.15, 0.2) is 0 Å². The van der Waals surface area contributed by atoms with E-state index in [0.29, 0.717) is 17.5 Å². The van der Waals surface area contributed by atoms with Crippen LogP contribution in [0.5, 0.6) is 0 Å². The third-order valence-electron chi connectivity index (χ3n) is 4.16. The minimum atomic E-state index is 0.255. The molecule has 16 heavy (non-hydrogen) atoms. The molecule has 2 heteroatoms. The molecule has 3 atom stereocenters. The third-order valence-corrected chi connectivity index (χ3v) is 4.16. The Kier molecular flexibility index (Phi) is 2.87. The first-order valence-corrected chi connectivity index (χ1v) is 6.57. The van der Waals surface area contributed by atoms with Gasteiger partial charge in [0.2, 0.25) is 0 Å². The number of hydrogen-bond donors (Lipinski definition) is 0. The molecule has 0 spiro atoms. The minimum absolute atomic E-state index is 0.255. The summed E-state index contributed by atoms with van der Waals surface area (Å²) < 4.78 is 5.66. The first-order valence-electron chi connectivity index (χ1n) is 6.57. The summed E-state index contributed by atoms with van der Waals surface area (Å²) in [6.45, 7) is 16.1. The van der Waals surface area contributed by atoms with Crippen LogP contribution >= 0.6 is 0 Å². The van der Waals surface area contributed by atoms with Crippen LogP contribution in [0.2, 0.25) is 0 Å². The van der Waals surface area contributed by atoms with E-state index in [0.717, 1.165) is 19.1 Å². The van der Waals surface area contributed by atoms with Crippen LogP contribution in [0.3, 0.4) is 0 Å². The maximum absolute atomic E-state index is 5.66. The Morgan fingerprint density at radius 3 is 2.12 bits per heavy atom. The van der Waals surface area contributed by atoms with Gasteiger partial charge in [-0.3, -0.25) is 4.90 Å². The maximum Gasteiger partial charge on any atom is 0.0625 e. The largest absolute Gasteiger partial charge is 0.379 e. The molecule has 0 aromatic rings. The molecule has 2 heterocycles. The molecule has 0 aromatic heterocycles. The van der Waals surface area contributed by atoms with E-state index in [4.69, 9.17) is 4.74 Å². The summed E-state index contributed by atoms with van der Waals surface area (Å²) in [5.41, 5.74) is 0.628. The van der Waals surface area contributed by atoms with Crippen molar-refractivity contribution in [1.82, 2.24) is 4.90 Å². The molecule has 3 unspecified atom stereocenters. The Bertz CT molecular complexity index is 261. The third kappa shape index (κ3) is 2.02. The van der Waals surface area contributed by atoms with Crippen molar-refractivity contribution in [2.45, 2.75) is 65.6 Å². The molecule has 2 saturated heterocycles. The maximum atomic E-state index is 5.66. The SMILES string of the molecule is CC(C)(C)C1CC2COCC2N1C(C)(C)C. The molecule has 0 radical (unpaired) electrons. The smallest absolute Gasteiger partial charge is 0.0625 e. The van der Waals surface area contributed by atoms with Crippen molar-refractivity contribution in [3.8, 4) is 0 Å². The summed E-state index contributed by atoms with van der Waals surface area (Å²) in [6, 6.07) is 1.36. The van der Waals surface area contributed by atoms with Crippen LogP contribution in [0.1, 0.15) is 48.0 Å². The van der Waals surface area contributed by atoms with Gasteiger partial charge in [0.25, 0.3) is 0 Å². The van der Waals surface area contributed by atoms with Gasteiger partial charge in [-0.2, -0.15) is 0 Å². The predicted octanol–water partition coefficient (Wildman–Crippen LogP) is 2.92. The van der Waals surface area contributed by atoms with Crippen molar-refractivity contribution in [3.05, 3.63) is 0 Å². The van der Waals surface area contributed by atoms with Crippen molar-refractivity contribution in [1.29, 1.82) is 0 Å². The van der Waals surface area contributed by atoms with Gasteiger partial charge >= 0.3 is 0 Å². The van der Waals surface area contributed by atoms with Gasteiger partial charge in [-0.25, -0.2) is 0 Å². The van der Waals surface area contributed by atoms with Gasteiger partial charge < -0.3 is 4.74 Å². The number of likely N-dealkylation sites (tertiary alicyclic amines) is 1. The first kappa shape index (κ1) is 12.4. The van der Waals surface area contributed by atoms with Crippen molar-refractivity contribution in [3.63, 3.8) is 0 Å². The van der Waals surface area contributed by atoms with Gasteiger partial charge in [-0.15, -0.1) is 0 Å². The lowest BCUT2D eigenvalue weighted by molar-refractivity contribution is 0.00951.